The molecule has 1 heterocycles. The fourth-order valence-corrected chi connectivity index (χ4v) is 2.48. The number of methoxy groups -OCH3 is 1. The molecule has 0 bridgehead atoms. The topological polar surface area (TPSA) is 32.7 Å². The van der Waals surface area contributed by atoms with Crippen molar-refractivity contribution in [2.24, 2.45) is 0 Å². The van der Waals surface area contributed by atoms with Crippen LogP contribution in [0, 0.1) is 0 Å². The lowest BCUT2D eigenvalue weighted by molar-refractivity contribution is 0.125. The average Bonchev–Trinajstić information content (AvgIpc) is 2.32. The number of para-hydroxylation sites is 2. The number of aliphatic hydroxyl groups excluding tert-OH is 1. The Morgan fingerprint density at radius 2 is 2.06 bits per heavy atom. The highest BCUT2D eigenvalue weighted by Crippen LogP contribution is 2.37. The van der Waals surface area contributed by atoms with Crippen molar-refractivity contribution in [3.8, 4) is 5.75 Å². The molecule has 1 unspecified atom stereocenters. The van der Waals surface area contributed by atoms with E-state index in [0.717, 1.165) is 24.3 Å². The standard InChI is InChI=1S/C14H21NO2/c1-14(2)9-8-11(16)10-15(14)12-6-4-5-7-13(12)17-3/h4-7,11,16H,8-10H2,1-3H3. The Hall–Kier alpha value is -1.22. The first-order valence-electron chi connectivity index (χ1n) is 6.13. The van der Waals surface area contributed by atoms with Gasteiger partial charge in [0.15, 0.2) is 0 Å². The van der Waals surface area contributed by atoms with Crippen LogP contribution in [0.1, 0.15) is 26.7 Å². The van der Waals surface area contributed by atoms with Crippen LogP contribution in [0.2, 0.25) is 0 Å². The SMILES string of the molecule is COc1ccccc1N1CC(O)CCC1(C)C. The normalized spacial score (nSPS) is 23.5. The Labute approximate surface area is 103 Å². The Morgan fingerprint density at radius 1 is 1.35 bits per heavy atom. The number of hydrogen-bond acceptors (Lipinski definition) is 3. The molecule has 94 valence electrons. The van der Waals surface area contributed by atoms with E-state index in [0.29, 0.717) is 6.54 Å². The van der Waals surface area contributed by atoms with Crippen molar-refractivity contribution in [1.29, 1.82) is 0 Å². The van der Waals surface area contributed by atoms with Crippen molar-refractivity contribution < 1.29 is 9.84 Å². The minimum atomic E-state index is -0.243. The first-order valence-corrected chi connectivity index (χ1v) is 6.13. The highest BCUT2D eigenvalue weighted by Gasteiger charge is 2.34. The molecule has 0 saturated carbocycles. The van der Waals surface area contributed by atoms with Crippen LogP contribution in [-0.4, -0.2) is 30.4 Å². The molecule has 3 nitrogen and oxygen atoms in total. The predicted octanol–water partition coefficient (Wildman–Crippen LogP) is 2.43. The van der Waals surface area contributed by atoms with Crippen LogP contribution >= 0.6 is 0 Å². The molecule has 3 heteroatoms. The molecule has 1 aliphatic heterocycles. The molecule has 1 aromatic carbocycles. The molecule has 1 saturated heterocycles. The molecular formula is C14H21NO2. The molecule has 2 rings (SSSR count). The van der Waals surface area contributed by atoms with Gasteiger partial charge in [-0.1, -0.05) is 12.1 Å². The van der Waals surface area contributed by atoms with E-state index in [9.17, 15) is 5.11 Å². The second kappa shape index (κ2) is 4.57. The third-order valence-electron chi connectivity index (χ3n) is 3.59. The van der Waals surface area contributed by atoms with Gasteiger partial charge >= 0.3 is 0 Å². The Balaban J connectivity index is 2.36. The lowest BCUT2D eigenvalue weighted by Gasteiger charge is -2.46. The highest BCUT2D eigenvalue weighted by molar-refractivity contribution is 5.60. The molecule has 1 atom stereocenters. The van der Waals surface area contributed by atoms with Crippen molar-refractivity contribution in [1.82, 2.24) is 0 Å². The number of benzene rings is 1. The van der Waals surface area contributed by atoms with Crippen molar-refractivity contribution >= 4 is 5.69 Å². The summed E-state index contributed by atoms with van der Waals surface area (Å²) in [5, 5.41) is 9.85. The second-order valence-corrected chi connectivity index (χ2v) is 5.29. The summed E-state index contributed by atoms with van der Waals surface area (Å²) in [5.41, 5.74) is 1.13. The molecule has 1 N–H and O–H groups in total. The smallest absolute Gasteiger partial charge is 0.142 e. The number of anilines is 1. The van der Waals surface area contributed by atoms with Crippen LogP contribution in [0.25, 0.3) is 0 Å². The number of rotatable bonds is 2. The predicted molar refractivity (Wildman–Crippen MR) is 69.7 cm³/mol. The van der Waals surface area contributed by atoms with Crippen LogP contribution in [0.5, 0.6) is 5.75 Å². The molecule has 1 aliphatic rings. The first kappa shape index (κ1) is 12.2. The molecule has 0 aliphatic carbocycles. The maximum absolute atomic E-state index is 9.85. The van der Waals surface area contributed by atoms with Crippen molar-refractivity contribution in [3.63, 3.8) is 0 Å². The number of ether oxygens (including phenoxy) is 1. The van der Waals surface area contributed by atoms with Gasteiger partial charge in [0, 0.05) is 12.1 Å². The van der Waals surface area contributed by atoms with Gasteiger partial charge < -0.3 is 14.7 Å². The Morgan fingerprint density at radius 3 is 2.76 bits per heavy atom. The summed E-state index contributed by atoms with van der Waals surface area (Å²) < 4.78 is 5.40. The highest BCUT2D eigenvalue weighted by atomic mass is 16.5. The number of aliphatic hydroxyl groups is 1. The van der Waals surface area contributed by atoms with Crippen LogP contribution < -0.4 is 9.64 Å². The Bertz CT molecular complexity index is 390. The van der Waals surface area contributed by atoms with Crippen LogP contribution in [-0.2, 0) is 0 Å². The fourth-order valence-electron chi connectivity index (χ4n) is 2.48. The van der Waals surface area contributed by atoms with Crippen molar-refractivity contribution in [3.05, 3.63) is 24.3 Å². The Kier molecular flexibility index (Phi) is 3.29. The molecule has 17 heavy (non-hydrogen) atoms. The van der Waals surface area contributed by atoms with E-state index in [1.165, 1.54) is 0 Å². The van der Waals surface area contributed by atoms with Gasteiger partial charge in [0.05, 0.1) is 18.9 Å². The molecule has 1 aromatic rings. The van der Waals surface area contributed by atoms with E-state index in [1.54, 1.807) is 7.11 Å². The van der Waals surface area contributed by atoms with E-state index in [-0.39, 0.29) is 11.6 Å². The summed E-state index contributed by atoms with van der Waals surface area (Å²) in [6.45, 7) is 5.10. The third kappa shape index (κ3) is 2.39. The summed E-state index contributed by atoms with van der Waals surface area (Å²) in [6.07, 6.45) is 1.62. The molecule has 0 amide bonds. The van der Waals surface area contributed by atoms with Gasteiger partial charge in [0.25, 0.3) is 0 Å². The van der Waals surface area contributed by atoms with Gasteiger partial charge in [-0.2, -0.15) is 0 Å². The lowest BCUT2D eigenvalue weighted by atomic mass is 9.88. The summed E-state index contributed by atoms with van der Waals surface area (Å²) in [4.78, 5) is 2.25. The van der Waals surface area contributed by atoms with Gasteiger partial charge in [0.1, 0.15) is 5.75 Å². The van der Waals surface area contributed by atoms with E-state index < -0.39 is 0 Å². The molecule has 0 radical (unpaired) electrons. The molecule has 1 fully saturated rings. The zero-order chi connectivity index (χ0) is 12.5. The first-order chi connectivity index (χ1) is 8.04. The van der Waals surface area contributed by atoms with E-state index >= 15 is 0 Å². The molecule has 0 spiro atoms. The van der Waals surface area contributed by atoms with Crippen LogP contribution in [0.15, 0.2) is 24.3 Å². The summed E-state index contributed by atoms with van der Waals surface area (Å²) in [6, 6.07) is 8.00. The largest absolute Gasteiger partial charge is 0.495 e. The third-order valence-corrected chi connectivity index (χ3v) is 3.59. The minimum absolute atomic E-state index is 0.0634. The van der Waals surface area contributed by atoms with Crippen molar-refractivity contribution in [2.75, 3.05) is 18.6 Å². The van der Waals surface area contributed by atoms with E-state index in [4.69, 9.17) is 4.74 Å². The van der Waals surface area contributed by atoms with Crippen LogP contribution in [0.4, 0.5) is 5.69 Å². The quantitative estimate of drug-likeness (QED) is 0.854. The maximum Gasteiger partial charge on any atom is 0.142 e. The zero-order valence-electron chi connectivity index (χ0n) is 10.8. The number of nitrogens with zero attached hydrogens (tertiary/aromatic N) is 1. The maximum atomic E-state index is 9.85. The summed E-state index contributed by atoms with van der Waals surface area (Å²) in [7, 11) is 1.69. The van der Waals surface area contributed by atoms with Crippen molar-refractivity contribution in [2.45, 2.75) is 38.3 Å². The van der Waals surface area contributed by atoms with Crippen LogP contribution in [0.3, 0.4) is 0 Å². The van der Waals surface area contributed by atoms with Gasteiger partial charge in [-0.05, 0) is 38.8 Å². The lowest BCUT2D eigenvalue weighted by Crippen LogP contribution is -2.52. The monoisotopic (exact) mass is 235 g/mol. The summed E-state index contributed by atoms with van der Waals surface area (Å²) in [5.74, 6) is 0.870. The number of piperidine rings is 1. The average molecular weight is 235 g/mol. The molecular weight excluding hydrogens is 214 g/mol. The zero-order valence-corrected chi connectivity index (χ0v) is 10.8. The second-order valence-electron chi connectivity index (χ2n) is 5.29. The minimum Gasteiger partial charge on any atom is -0.495 e. The number of hydrogen-bond donors (Lipinski definition) is 1. The van der Waals surface area contributed by atoms with Gasteiger partial charge in [-0.25, -0.2) is 0 Å². The van der Waals surface area contributed by atoms with Gasteiger partial charge in [0.2, 0.25) is 0 Å². The molecule has 0 aromatic heterocycles. The van der Waals surface area contributed by atoms with Gasteiger partial charge in [-0.15, -0.1) is 0 Å². The fraction of sp³-hybridized carbons (Fsp3) is 0.571. The van der Waals surface area contributed by atoms with E-state index in [2.05, 4.69) is 24.8 Å². The van der Waals surface area contributed by atoms with Gasteiger partial charge in [-0.3, -0.25) is 0 Å². The number of β-amino-alcohol motifs (C(OH)–C–C–N with tert-alkyl or cyclic N) is 1. The van der Waals surface area contributed by atoms with E-state index in [1.807, 2.05) is 18.2 Å². The summed E-state index contributed by atoms with van der Waals surface area (Å²) >= 11 is 0.